The van der Waals surface area contributed by atoms with Crippen LogP contribution in [0.4, 0.5) is 13.2 Å². The second-order valence-electron chi connectivity index (χ2n) is 4.33. The molecular formula is C13H14F3N3. The van der Waals surface area contributed by atoms with Crippen LogP contribution in [0.1, 0.15) is 17.9 Å². The van der Waals surface area contributed by atoms with E-state index in [2.05, 4.69) is 4.98 Å². The molecule has 0 aliphatic heterocycles. The van der Waals surface area contributed by atoms with Gasteiger partial charge in [-0.05, 0) is 24.7 Å². The van der Waals surface area contributed by atoms with E-state index < -0.39 is 6.55 Å². The van der Waals surface area contributed by atoms with Crippen LogP contribution in [-0.2, 0) is 13.1 Å². The molecule has 6 heteroatoms. The molecule has 1 aromatic carbocycles. The van der Waals surface area contributed by atoms with E-state index in [-0.39, 0.29) is 18.2 Å². The highest BCUT2D eigenvalue weighted by Gasteiger charge is 2.13. The molecule has 0 aliphatic rings. The zero-order valence-corrected chi connectivity index (χ0v) is 10.4. The summed E-state index contributed by atoms with van der Waals surface area (Å²) in [6.07, 6.45) is 2.59. The molecule has 2 aromatic rings. The number of benzene rings is 1. The predicted octanol–water partition coefficient (Wildman–Crippen LogP) is 3.05. The maximum atomic E-state index is 13.0. The minimum atomic E-state index is -2.60. The van der Waals surface area contributed by atoms with E-state index in [0.29, 0.717) is 6.54 Å². The number of aromatic nitrogens is 2. The third-order valence-electron chi connectivity index (χ3n) is 2.71. The Morgan fingerprint density at radius 1 is 1.32 bits per heavy atom. The van der Waals surface area contributed by atoms with Crippen LogP contribution in [0.15, 0.2) is 36.7 Å². The molecule has 0 amide bonds. The molecule has 0 saturated heterocycles. The first-order chi connectivity index (χ1) is 9.06. The van der Waals surface area contributed by atoms with Gasteiger partial charge in [0.05, 0.1) is 6.54 Å². The summed E-state index contributed by atoms with van der Waals surface area (Å²) in [6, 6.07) is 6.21. The monoisotopic (exact) mass is 269 g/mol. The lowest BCUT2D eigenvalue weighted by Crippen LogP contribution is -2.20. The van der Waals surface area contributed by atoms with Crippen LogP contribution < -0.4 is 0 Å². The van der Waals surface area contributed by atoms with Crippen molar-refractivity contribution in [2.45, 2.75) is 19.6 Å². The molecular weight excluding hydrogens is 255 g/mol. The molecule has 0 atom stereocenters. The maximum absolute atomic E-state index is 13.0. The second kappa shape index (κ2) is 5.88. The van der Waals surface area contributed by atoms with Crippen LogP contribution in [0, 0.1) is 5.82 Å². The van der Waals surface area contributed by atoms with Gasteiger partial charge < -0.3 is 0 Å². The number of halogens is 3. The summed E-state index contributed by atoms with van der Waals surface area (Å²) < 4.78 is 39.1. The Labute approximate surface area is 109 Å². The second-order valence-corrected chi connectivity index (χ2v) is 4.33. The van der Waals surface area contributed by atoms with Crippen LogP contribution >= 0.6 is 0 Å². The van der Waals surface area contributed by atoms with Crippen molar-refractivity contribution >= 4 is 0 Å². The average molecular weight is 269 g/mol. The number of hydrogen-bond donors (Lipinski definition) is 0. The van der Waals surface area contributed by atoms with Crippen LogP contribution in [0.2, 0.25) is 0 Å². The summed E-state index contributed by atoms with van der Waals surface area (Å²) in [4.78, 5) is 5.71. The summed E-state index contributed by atoms with van der Waals surface area (Å²) in [5.41, 5.74) is 0.789. The van der Waals surface area contributed by atoms with Gasteiger partial charge in [-0.3, -0.25) is 9.47 Å². The van der Waals surface area contributed by atoms with Gasteiger partial charge in [0, 0.05) is 18.9 Å². The van der Waals surface area contributed by atoms with Crippen molar-refractivity contribution in [3.63, 3.8) is 0 Å². The quantitative estimate of drug-likeness (QED) is 0.831. The third kappa shape index (κ3) is 3.57. The van der Waals surface area contributed by atoms with Crippen LogP contribution in [0.3, 0.4) is 0 Å². The molecule has 0 N–H and O–H groups in total. The molecule has 0 aliphatic carbocycles. The molecule has 0 bridgehead atoms. The normalized spacial score (nSPS) is 11.5. The summed E-state index contributed by atoms with van der Waals surface area (Å²) in [5, 5.41) is 0. The van der Waals surface area contributed by atoms with E-state index >= 15 is 0 Å². The third-order valence-corrected chi connectivity index (χ3v) is 2.71. The van der Waals surface area contributed by atoms with Crippen LogP contribution in [0.25, 0.3) is 0 Å². The Kier molecular flexibility index (Phi) is 4.21. The first kappa shape index (κ1) is 13.6. The van der Waals surface area contributed by atoms with Crippen molar-refractivity contribution in [1.82, 2.24) is 14.5 Å². The van der Waals surface area contributed by atoms with Gasteiger partial charge >= 0.3 is 6.55 Å². The Hall–Kier alpha value is -1.82. The maximum Gasteiger partial charge on any atom is 0.319 e. The Balaban J connectivity index is 2.01. The highest BCUT2D eigenvalue weighted by molar-refractivity contribution is 5.16. The lowest BCUT2D eigenvalue weighted by atomic mass is 10.2. The molecule has 0 spiro atoms. The highest BCUT2D eigenvalue weighted by Crippen LogP contribution is 2.14. The van der Waals surface area contributed by atoms with Crippen molar-refractivity contribution < 1.29 is 13.2 Å². The molecule has 19 heavy (non-hydrogen) atoms. The minimum Gasteiger partial charge on any atom is -0.295 e. The average Bonchev–Trinajstić information content (AvgIpc) is 2.76. The van der Waals surface area contributed by atoms with E-state index in [1.807, 2.05) is 0 Å². The van der Waals surface area contributed by atoms with Gasteiger partial charge in [0.15, 0.2) is 0 Å². The topological polar surface area (TPSA) is 21.1 Å². The first-order valence-corrected chi connectivity index (χ1v) is 5.79. The van der Waals surface area contributed by atoms with Crippen molar-refractivity contribution in [1.29, 1.82) is 0 Å². The van der Waals surface area contributed by atoms with Crippen molar-refractivity contribution in [3.8, 4) is 0 Å². The lowest BCUT2D eigenvalue weighted by molar-refractivity contribution is 0.0644. The number of rotatable bonds is 5. The number of hydrogen-bond acceptors (Lipinski definition) is 2. The summed E-state index contributed by atoms with van der Waals surface area (Å²) >= 11 is 0. The van der Waals surface area contributed by atoms with Gasteiger partial charge in [-0.25, -0.2) is 9.37 Å². The summed E-state index contributed by atoms with van der Waals surface area (Å²) in [6.45, 7) is -1.86. The summed E-state index contributed by atoms with van der Waals surface area (Å²) in [7, 11) is 1.77. The van der Waals surface area contributed by atoms with Gasteiger partial charge in [0.2, 0.25) is 0 Å². The highest BCUT2D eigenvalue weighted by atomic mass is 19.3. The Morgan fingerprint density at radius 3 is 2.79 bits per heavy atom. The van der Waals surface area contributed by atoms with E-state index in [4.69, 9.17) is 0 Å². The molecule has 3 nitrogen and oxygen atoms in total. The number of alkyl halides is 2. The smallest absolute Gasteiger partial charge is 0.295 e. The molecule has 0 saturated carbocycles. The molecule has 2 rings (SSSR count). The van der Waals surface area contributed by atoms with Gasteiger partial charge in [-0.1, -0.05) is 12.1 Å². The Bertz CT molecular complexity index is 539. The number of nitrogens with zero attached hydrogens (tertiary/aromatic N) is 3. The van der Waals surface area contributed by atoms with Gasteiger partial charge in [0.1, 0.15) is 11.6 Å². The van der Waals surface area contributed by atoms with Gasteiger partial charge in [-0.15, -0.1) is 0 Å². The number of imidazole rings is 1. The molecule has 0 fully saturated rings. The molecule has 0 radical (unpaired) electrons. The summed E-state index contributed by atoms with van der Waals surface area (Å²) in [5.74, 6) is -0.0196. The van der Waals surface area contributed by atoms with Crippen LogP contribution in [0.5, 0.6) is 0 Å². The van der Waals surface area contributed by atoms with Gasteiger partial charge in [-0.2, -0.15) is 8.78 Å². The zero-order chi connectivity index (χ0) is 13.8. The van der Waals surface area contributed by atoms with Crippen molar-refractivity contribution in [3.05, 3.63) is 53.9 Å². The fraction of sp³-hybridized carbons (Fsp3) is 0.308. The molecule has 1 heterocycles. The van der Waals surface area contributed by atoms with E-state index in [1.54, 1.807) is 24.1 Å². The first-order valence-electron chi connectivity index (χ1n) is 5.79. The standard InChI is InChI=1S/C13H14F3N3/c1-18(8-10-3-2-4-11(14)7-10)9-12-17-5-6-19(12)13(15)16/h2-7,13H,8-9H2,1H3. The van der Waals surface area contributed by atoms with E-state index in [1.165, 1.54) is 24.5 Å². The fourth-order valence-electron chi connectivity index (χ4n) is 1.89. The minimum absolute atomic E-state index is 0.272. The zero-order valence-electron chi connectivity index (χ0n) is 10.4. The fourth-order valence-corrected chi connectivity index (χ4v) is 1.89. The van der Waals surface area contributed by atoms with Crippen molar-refractivity contribution in [2.75, 3.05) is 7.05 Å². The lowest BCUT2D eigenvalue weighted by Gasteiger charge is -2.17. The van der Waals surface area contributed by atoms with E-state index in [9.17, 15) is 13.2 Å². The van der Waals surface area contributed by atoms with Crippen molar-refractivity contribution in [2.24, 2.45) is 0 Å². The molecule has 102 valence electrons. The SMILES string of the molecule is CN(Cc1cccc(F)c1)Cc1nccn1C(F)F. The molecule has 0 unspecified atom stereocenters. The Morgan fingerprint density at radius 2 is 2.11 bits per heavy atom. The molecule has 1 aromatic heterocycles. The van der Waals surface area contributed by atoms with E-state index in [0.717, 1.165) is 10.1 Å². The predicted molar refractivity (Wildman–Crippen MR) is 65.1 cm³/mol. The van der Waals surface area contributed by atoms with Crippen LogP contribution in [-0.4, -0.2) is 21.5 Å². The van der Waals surface area contributed by atoms with Gasteiger partial charge in [0.25, 0.3) is 0 Å². The largest absolute Gasteiger partial charge is 0.319 e.